The van der Waals surface area contributed by atoms with Gasteiger partial charge in [-0.3, -0.25) is 4.79 Å². The molecule has 1 unspecified atom stereocenters. The lowest BCUT2D eigenvalue weighted by Gasteiger charge is -2.32. The number of H-pyrrole nitrogens is 1. The van der Waals surface area contributed by atoms with E-state index in [4.69, 9.17) is 11.6 Å². The number of hydrogen-bond donors (Lipinski definition) is 2. The first-order valence-electron chi connectivity index (χ1n) is 6.88. The maximum Gasteiger partial charge on any atom is 0.326 e. The highest BCUT2D eigenvalue weighted by Crippen LogP contribution is 2.23. The number of benzene rings is 1. The predicted molar refractivity (Wildman–Crippen MR) is 79.6 cm³/mol. The lowest BCUT2D eigenvalue weighted by atomic mass is 10.0. The van der Waals surface area contributed by atoms with Crippen LogP contribution in [0.15, 0.2) is 24.3 Å². The van der Waals surface area contributed by atoms with Crippen molar-refractivity contribution in [3.63, 3.8) is 0 Å². The van der Waals surface area contributed by atoms with Gasteiger partial charge in [-0.25, -0.2) is 4.79 Å². The highest BCUT2D eigenvalue weighted by Gasteiger charge is 2.33. The van der Waals surface area contributed by atoms with Gasteiger partial charge >= 0.3 is 5.97 Å². The maximum absolute atomic E-state index is 12.6. The molecule has 2 heterocycles. The standard InChI is InChI=1S/C15H15ClN2O3/c16-10-4-5-11-9(7-10)8-12(17-11)14(19)18-6-2-1-3-13(18)15(20)21/h4-5,7-8,13,17H,1-3,6H2,(H,20,21). The van der Waals surface area contributed by atoms with Crippen LogP contribution in [-0.4, -0.2) is 39.5 Å². The van der Waals surface area contributed by atoms with Gasteiger partial charge < -0.3 is 15.0 Å². The molecule has 0 spiro atoms. The summed E-state index contributed by atoms with van der Waals surface area (Å²) in [5.41, 5.74) is 1.21. The van der Waals surface area contributed by atoms with Crippen LogP contribution >= 0.6 is 11.6 Å². The van der Waals surface area contributed by atoms with Crippen molar-refractivity contribution < 1.29 is 14.7 Å². The fourth-order valence-electron chi connectivity index (χ4n) is 2.80. The summed E-state index contributed by atoms with van der Waals surface area (Å²) in [5.74, 6) is -1.21. The van der Waals surface area contributed by atoms with E-state index < -0.39 is 12.0 Å². The van der Waals surface area contributed by atoms with E-state index in [-0.39, 0.29) is 5.91 Å². The lowest BCUT2D eigenvalue weighted by molar-refractivity contribution is -0.143. The number of carbonyl (C=O) groups excluding carboxylic acids is 1. The molecule has 1 aromatic carbocycles. The Morgan fingerprint density at radius 1 is 1.29 bits per heavy atom. The summed E-state index contributed by atoms with van der Waals surface area (Å²) in [5, 5.41) is 10.7. The summed E-state index contributed by atoms with van der Waals surface area (Å²) < 4.78 is 0. The van der Waals surface area contributed by atoms with Crippen LogP contribution in [-0.2, 0) is 4.79 Å². The highest BCUT2D eigenvalue weighted by molar-refractivity contribution is 6.31. The van der Waals surface area contributed by atoms with E-state index in [9.17, 15) is 14.7 Å². The van der Waals surface area contributed by atoms with Gasteiger partial charge in [0.15, 0.2) is 0 Å². The van der Waals surface area contributed by atoms with E-state index in [1.54, 1.807) is 24.3 Å². The zero-order valence-electron chi connectivity index (χ0n) is 11.3. The first kappa shape index (κ1) is 13.9. The summed E-state index contributed by atoms with van der Waals surface area (Å²) >= 11 is 5.93. The number of amides is 1. The maximum atomic E-state index is 12.6. The summed E-state index contributed by atoms with van der Waals surface area (Å²) in [4.78, 5) is 28.3. The van der Waals surface area contributed by atoms with E-state index in [1.165, 1.54) is 4.90 Å². The fraction of sp³-hybridized carbons (Fsp3) is 0.333. The van der Waals surface area contributed by atoms with Gasteiger partial charge in [-0.15, -0.1) is 0 Å². The predicted octanol–water partition coefficient (Wildman–Crippen LogP) is 2.90. The van der Waals surface area contributed by atoms with Crippen LogP contribution in [0.3, 0.4) is 0 Å². The molecule has 3 rings (SSSR count). The molecule has 1 aliphatic heterocycles. The van der Waals surface area contributed by atoms with Gasteiger partial charge in [-0.1, -0.05) is 11.6 Å². The molecule has 5 nitrogen and oxygen atoms in total. The molecule has 0 aliphatic carbocycles. The molecule has 21 heavy (non-hydrogen) atoms. The van der Waals surface area contributed by atoms with Gasteiger partial charge in [-0.05, 0) is 43.5 Å². The minimum Gasteiger partial charge on any atom is -0.480 e. The summed E-state index contributed by atoms with van der Waals surface area (Å²) in [6.07, 6.45) is 2.18. The van der Waals surface area contributed by atoms with Crippen molar-refractivity contribution in [2.45, 2.75) is 25.3 Å². The average molecular weight is 307 g/mol. The molecule has 1 atom stereocenters. The van der Waals surface area contributed by atoms with Crippen LogP contribution in [0.5, 0.6) is 0 Å². The number of halogens is 1. The summed E-state index contributed by atoms with van der Waals surface area (Å²) in [7, 11) is 0. The number of nitrogens with zero attached hydrogens (tertiary/aromatic N) is 1. The number of aliphatic carboxylic acids is 1. The topological polar surface area (TPSA) is 73.4 Å². The van der Waals surface area contributed by atoms with E-state index >= 15 is 0 Å². The van der Waals surface area contributed by atoms with E-state index in [0.717, 1.165) is 23.7 Å². The SMILES string of the molecule is O=C(O)C1CCCCN1C(=O)c1cc2cc(Cl)ccc2[nH]1. The molecule has 0 radical (unpaired) electrons. The van der Waals surface area contributed by atoms with Crippen molar-refractivity contribution in [1.29, 1.82) is 0 Å². The molecule has 2 aromatic rings. The van der Waals surface area contributed by atoms with Crippen molar-refractivity contribution in [2.24, 2.45) is 0 Å². The number of likely N-dealkylation sites (tertiary alicyclic amines) is 1. The van der Waals surface area contributed by atoms with Gasteiger partial charge in [-0.2, -0.15) is 0 Å². The zero-order valence-corrected chi connectivity index (χ0v) is 12.1. The van der Waals surface area contributed by atoms with Crippen molar-refractivity contribution in [3.05, 3.63) is 35.0 Å². The fourth-order valence-corrected chi connectivity index (χ4v) is 2.99. The second kappa shape index (κ2) is 5.41. The number of fused-ring (bicyclic) bond motifs is 1. The number of piperidine rings is 1. The molecular formula is C15H15ClN2O3. The molecule has 6 heteroatoms. The molecule has 1 saturated heterocycles. The van der Waals surface area contributed by atoms with Gasteiger partial charge in [0.25, 0.3) is 5.91 Å². The number of aromatic amines is 1. The Morgan fingerprint density at radius 2 is 2.10 bits per heavy atom. The molecular weight excluding hydrogens is 292 g/mol. The number of aromatic nitrogens is 1. The summed E-state index contributed by atoms with van der Waals surface area (Å²) in [6, 6.07) is 6.31. The number of carbonyl (C=O) groups is 2. The average Bonchev–Trinajstić information content (AvgIpc) is 2.89. The number of nitrogens with one attached hydrogen (secondary N) is 1. The monoisotopic (exact) mass is 306 g/mol. The zero-order chi connectivity index (χ0) is 15.0. The van der Waals surface area contributed by atoms with Crippen LogP contribution in [0.25, 0.3) is 10.9 Å². The first-order valence-corrected chi connectivity index (χ1v) is 7.26. The highest BCUT2D eigenvalue weighted by atomic mass is 35.5. The first-order chi connectivity index (χ1) is 10.1. The Kier molecular flexibility index (Phi) is 3.59. The molecule has 2 N–H and O–H groups in total. The van der Waals surface area contributed by atoms with Gasteiger partial charge in [0.1, 0.15) is 11.7 Å². The third-order valence-electron chi connectivity index (χ3n) is 3.86. The number of rotatable bonds is 2. The molecule has 1 aromatic heterocycles. The Morgan fingerprint density at radius 3 is 2.86 bits per heavy atom. The Balaban J connectivity index is 1.93. The van der Waals surface area contributed by atoms with Crippen molar-refractivity contribution in [3.8, 4) is 0 Å². The van der Waals surface area contributed by atoms with Gasteiger partial charge in [0.2, 0.25) is 0 Å². The van der Waals surface area contributed by atoms with Crippen LogP contribution in [0.4, 0.5) is 0 Å². The molecule has 0 saturated carbocycles. The van der Waals surface area contributed by atoms with E-state index in [0.29, 0.717) is 23.7 Å². The number of carboxylic acids is 1. The largest absolute Gasteiger partial charge is 0.480 e. The normalized spacial score (nSPS) is 18.9. The van der Waals surface area contributed by atoms with Crippen molar-refractivity contribution in [2.75, 3.05) is 6.54 Å². The third-order valence-corrected chi connectivity index (χ3v) is 4.10. The van der Waals surface area contributed by atoms with E-state index in [2.05, 4.69) is 4.98 Å². The second-order valence-electron chi connectivity index (χ2n) is 5.26. The van der Waals surface area contributed by atoms with Gasteiger partial charge in [0, 0.05) is 22.5 Å². The van der Waals surface area contributed by atoms with Crippen LogP contribution in [0.1, 0.15) is 29.8 Å². The quantitative estimate of drug-likeness (QED) is 0.896. The Bertz CT molecular complexity index is 710. The van der Waals surface area contributed by atoms with Crippen LogP contribution in [0, 0.1) is 0 Å². The van der Waals surface area contributed by atoms with E-state index in [1.807, 2.05) is 0 Å². The van der Waals surface area contributed by atoms with Gasteiger partial charge in [0.05, 0.1) is 0 Å². The number of carboxylic acid groups (broad SMARTS) is 1. The molecule has 0 bridgehead atoms. The second-order valence-corrected chi connectivity index (χ2v) is 5.70. The Labute approximate surface area is 126 Å². The molecule has 110 valence electrons. The summed E-state index contributed by atoms with van der Waals surface area (Å²) in [6.45, 7) is 0.478. The Hall–Kier alpha value is -2.01. The molecule has 1 aliphatic rings. The lowest BCUT2D eigenvalue weighted by Crippen LogP contribution is -2.48. The molecule has 1 amide bonds. The van der Waals surface area contributed by atoms with Crippen molar-refractivity contribution >= 4 is 34.4 Å². The van der Waals surface area contributed by atoms with Crippen LogP contribution < -0.4 is 0 Å². The minimum atomic E-state index is -0.942. The minimum absolute atomic E-state index is 0.269. The third kappa shape index (κ3) is 2.61. The number of hydrogen-bond acceptors (Lipinski definition) is 2. The van der Waals surface area contributed by atoms with Crippen LogP contribution in [0.2, 0.25) is 5.02 Å². The molecule has 1 fully saturated rings. The smallest absolute Gasteiger partial charge is 0.326 e. The van der Waals surface area contributed by atoms with Crippen molar-refractivity contribution in [1.82, 2.24) is 9.88 Å².